The molecule has 0 saturated heterocycles. The van der Waals surface area contributed by atoms with Crippen LogP contribution in [0.3, 0.4) is 0 Å². The molecule has 1 atom stereocenters. The van der Waals surface area contributed by atoms with Crippen LogP contribution in [0.15, 0.2) is 0 Å². The van der Waals surface area contributed by atoms with Gasteiger partial charge in [-0.05, 0) is 13.3 Å². The first kappa shape index (κ1) is 8.52. The second kappa shape index (κ2) is 5.65. The monoisotopic (exact) mass is 126 g/mol. The van der Waals surface area contributed by atoms with E-state index in [0.717, 1.165) is 12.8 Å². The van der Waals surface area contributed by atoms with Crippen molar-refractivity contribution in [2.75, 3.05) is 6.61 Å². The Morgan fingerprint density at radius 2 is 2.33 bits per heavy atom. The van der Waals surface area contributed by atoms with Crippen LogP contribution in [0.25, 0.3) is 0 Å². The zero-order valence-corrected chi connectivity index (χ0v) is 6.18. The van der Waals surface area contributed by atoms with Crippen molar-refractivity contribution in [3.8, 4) is 12.3 Å². The maximum atomic E-state index is 5.29. The molecule has 0 radical (unpaired) electrons. The Bertz CT molecular complexity index is 91.2. The first-order valence-corrected chi connectivity index (χ1v) is 3.36. The topological polar surface area (TPSA) is 9.23 Å². The molecule has 52 valence electrons. The van der Waals surface area contributed by atoms with Gasteiger partial charge in [0.1, 0.15) is 0 Å². The summed E-state index contributed by atoms with van der Waals surface area (Å²) in [6.45, 7) is 4.85. The van der Waals surface area contributed by atoms with Crippen LogP contribution in [-0.2, 0) is 4.74 Å². The van der Waals surface area contributed by atoms with E-state index in [9.17, 15) is 0 Å². The molecule has 0 heterocycles. The number of ether oxygens (including phenoxy) is 1. The highest BCUT2D eigenvalue weighted by atomic mass is 16.5. The average Bonchev–Trinajstić information content (AvgIpc) is 1.89. The van der Waals surface area contributed by atoms with Gasteiger partial charge in [0.25, 0.3) is 0 Å². The fourth-order valence-electron chi connectivity index (χ4n) is 0.437. The Labute approximate surface area is 57.4 Å². The molecule has 0 spiro atoms. The molecule has 0 aromatic carbocycles. The van der Waals surface area contributed by atoms with E-state index in [1.54, 1.807) is 0 Å². The molecule has 0 saturated carbocycles. The summed E-state index contributed by atoms with van der Waals surface area (Å²) in [5.41, 5.74) is 0. The molecule has 0 aliphatic heterocycles. The van der Waals surface area contributed by atoms with Crippen LogP contribution in [-0.4, -0.2) is 12.7 Å². The lowest BCUT2D eigenvalue weighted by Crippen LogP contribution is -2.06. The van der Waals surface area contributed by atoms with Crippen molar-refractivity contribution in [3.05, 3.63) is 0 Å². The van der Waals surface area contributed by atoms with Gasteiger partial charge in [-0.2, -0.15) is 0 Å². The van der Waals surface area contributed by atoms with E-state index < -0.39 is 0 Å². The van der Waals surface area contributed by atoms with E-state index in [4.69, 9.17) is 11.2 Å². The standard InChI is InChI=1S/C8H14O/c1-4-6-7-9-8(3)5-2/h1,8H,5-7H2,2-3H3. The van der Waals surface area contributed by atoms with Gasteiger partial charge in [0.05, 0.1) is 12.7 Å². The lowest BCUT2D eigenvalue weighted by atomic mass is 10.3. The molecule has 0 bridgehead atoms. The van der Waals surface area contributed by atoms with E-state index in [2.05, 4.69) is 19.8 Å². The molecule has 0 fully saturated rings. The number of hydrogen-bond donors (Lipinski definition) is 0. The summed E-state index contributed by atoms with van der Waals surface area (Å²) in [4.78, 5) is 0. The second-order valence-electron chi connectivity index (χ2n) is 2.04. The van der Waals surface area contributed by atoms with Crippen LogP contribution >= 0.6 is 0 Å². The van der Waals surface area contributed by atoms with Crippen molar-refractivity contribution in [2.45, 2.75) is 32.8 Å². The normalized spacial score (nSPS) is 12.6. The van der Waals surface area contributed by atoms with Crippen molar-refractivity contribution in [2.24, 2.45) is 0 Å². The van der Waals surface area contributed by atoms with Crippen LogP contribution in [0.2, 0.25) is 0 Å². The zero-order chi connectivity index (χ0) is 7.11. The first-order valence-electron chi connectivity index (χ1n) is 3.36. The highest BCUT2D eigenvalue weighted by Gasteiger charge is 1.94. The van der Waals surface area contributed by atoms with Crippen molar-refractivity contribution >= 4 is 0 Å². The number of terminal acetylenes is 1. The van der Waals surface area contributed by atoms with E-state index in [0.29, 0.717) is 12.7 Å². The van der Waals surface area contributed by atoms with Gasteiger partial charge in [-0.25, -0.2) is 0 Å². The van der Waals surface area contributed by atoms with Gasteiger partial charge >= 0.3 is 0 Å². The van der Waals surface area contributed by atoms with Crippen molar-refractivity contribution in [1.29, 1.82) is 0 Å². The summed E-state index contributed by atoms with van der Waals surface area (Å²) < 4.78 is 5.29. The molecule has 1 unspecified atom stereocenters. The third-order valence-electron chi connectivity index (χ3n) is 1.22. The smallest absolute Gasteiger partial charge is 0.0579 e. The quantitative estimate of drug-likeness (QED) is 0.412. The Hall–Kier alpha value is -0.480. The highest BCUT2D eigenvalue weighted by Crippen LogP contribution is 1.95. The number of hydrogen-bond acceptors (Lipinski definition) is 1. The Morgan fingerprint density at radius 3 is 2.78 bits per heavy atom. The molecule has 0 aliphatic carbocycles. The van der Waals surface area contributed by atoms with Crippen molar-refractivity contribution in [3.63, 3.8) is 0 Å². The molecule has 0 amide bonds. The van der Waals surface area contributed by atoms with Gasteiger partial charge in [-0.3, -0.25) is 0 Å². The second-order valence-corrected chi connectivity index (χ2v) is 2.04. The lowest BCUT2D eigenvalue weighted by Gasteiger charge is -2.07. The Kier molecular flexibility index (Phi) is 5.35. The molecule has 1 heteroatoms. The molecular formula is C8H14O. The van der Waals surface area contributed by atoms with E-state index in [-0.39, 0.29) is 0 Å². The predicted molar refractivity (Wildman–Crippen MR) is 39.2 cm³/mol. The highest BCUT2D eigenvalue weighted by molar-refractivity contribution is 4.82. The maximum Gasteiger partial charge on any atom is 0.0579 e. The predicted octanol–water partition coefficient (Wildman–Crippen LogP) is 1.82. The Morgan fingerprint density at radius 1 is 1.67 bits per heavy atom. The molecular weight excluding hydrogens is 112 g/mol. The van der Waals surface area contributed by atoms with Crippen LogP contribution < -0.4 is 0 Å². The molecule has 9 heavy (non-hydrogen) atoms. The van der Waals surface area contributed by atoms with Crippen LogP contribution in [0.5, 0.6) is 0 Å². The summed E-state index contributed by atoms with van der Waals surface area (Å²) in [5, 5.41) is 0. The fraction of sp³-hybridized carbons (Fsp3) is 0.750. The minimum absolute atomic E-state index is 0.360. The van der Waals surface area contributed by atoms with Gasteiger partial charge < -0.3 is 4.74 Å². The van der Waals surface area contributed by atoms with Crippen molar-refractivity contribution < 1.29 is 4.74 Å². The summed E-state index contributed by atoms with van der Waals surface area (Å²) in [7, 11) is 0. The van der Waals surface area contributed by atoms with Gasteiger partial charge in [0, 0.05) is 6.42 Å². The molecule has 0 aromatic heterocycles. The van der Waals surface area contributed by atoms with E-state index in [1.807, 2.05) is 0 Å². The molecule has 1 nitrogen and oxygen atoms in total. The van der Waals surface area contributed by atoms with Gasteiger partial charge in [-0.1, -0.05) is 6.92 Å². The van der Waals surface area contributed by atoms with Gasteiger partial charge in [0.15, 0.2) is 0 Å². The summed E-state index contributed by atoms with van der Waals surface area (Å²) >= 11 is 0. The largest absolute Gasteiger partial charge is 0.378 e. The third-order valence-corrected chi connectivity index (χ3v) is 1.22. The average molecular weight is 126 g/mol. The SMILES string of the molecule is C#CCCOC(C)CC. The lowest BCUT2D eigenvalue weighted by molar-refractivity contribution is 0.0680. The zero-order valence-electron chi connectivity index (χ0n) is 6.18. The van der Waals surface area contributed by atoms with E-state index >= 15 is 0 Å². The minimum atomic E-state index is 0.360. The summed E-state index contributed by atoms with van der Waals surface area (Å²) in [5.74, 6) is 2.52. The van der Waals surface area contributed by atoms with Crippen molar-refractivity contribution in [1.82, 2.24) is 0 Å². The molecule has 0 aliphatic rings. The summed E-state index contributed by atoms with van der Waals surface area (Å²) in [6, 6.07) is 0. The Balaban J connectivity index is 2.99. The van der Waals surface area contributed by atoms with Crippen LogP contribution in [0, 0.1) is 12.3 Å². The van der Waals surface area contributed by atoms with Crippen LogP contribution in [0.4, 0.5) is 0 Å². The van der Waals surface area contributed by atoms with Gasteiger partial charge in [-0.15, -0.1) is 12.3 Å². The minimum Gasteiger partial charge on any atom is -0.378 e. The van der Waals surface area contributed by atoms with Crippen LogP contribution in [0.1, 0.15) is 26.7 Å². The third kappa shape index (κ3) is 5.39. The molecule has 0 rings (SSSR count). The van der Waals surface area contributed by atoms with Gasteiger partial charge in [0.2, 0.25) is 0 Å². The summed E-state index contributed by atoms with van der Waals surface area (Å²) in [6.07, 6.45) is 7.17. The fourth-order valence-corrected chi connectivity index (χ4v) is 0.437. The van der Waals surface area contributed by atoms with E-state index in [1.165, 1.54) is 0 Å². The molecule has 0 N–H and O–H groups in total. The maximum absolute atomic E-state index is 5.29. The molecule has 0 aromatic rings. The number of rotatable bonds is 4. The first-order chi connectivity index (χ1) is 4.31.